The molecule has 1 aliphatic heterocycles. The summed E-state index contributed by atoms with van der Waals surface area (Å²) in [7, 11) is 0. The smallest absolute Gasteiger partial charge is 0.332 e. The summed E-state index contributed by atoms with van der Waals surface area (Å²) in [5, 5.41) is 15.8. The number of hydrogen-bond donors (Lipinski definition) is 2. The molecule has 0 spiro atoms. The molecule has 0 aromatic heterocycles. The third-order valence-corrected chi connectivity index (χ3v) is 1.18. The molecule has 66 valence electrons. The number of ether oxygens (including phenoxy) is 1. The van der Waals surface area contributed by atoms with Crippen LogP contribution in [0, 0.1) is 0 Å². The Kier molecular flexibility index (Phi) is 5.78. The van der Waals surface area contributed by atoms with Crippen molar-refractivity contribution in [2.75, 3.05) is 13.2 Å². The Balaban J connectivity index is 0.000000183. The van der Waals surface area contributed by atoms with Gasteiger partial charge in [0, 0.05) is 13.2 Å². The Hall–Kier alpha value is -0.610. The van der Waals surface area contributed by atoms with E-state index in [4.69, 9.17) is 14.9 Å². The maximum Gasteiger partial charge on any atom is 0.332 e. The van der Waals surface area contributed by atoms with Crippen LogP contribution >= 0.6 is 0 Å². The molecular formula is C7H14O4. The number of carboxylic acid groups (broad SMARTS) is 1. The van der Waals surface area contributed by atoms with Gasteiger partial charge in [-0.3, -0.25) is 0 Å². The van der Waals surface area contributed by atoms with Crippen LogP contribution in [0.1, 0.15) is 19.8 Å². The SMILES string of the molecule is C1CCOC1.CC(O)C(=O)O. The minimum Gasteiger partial charge on any atom is -0.479 e. The second-order valence-electron chi connectivity index (χ2n) is 2.33. The Morgan fingerprint density at radius 1 is 1.45 bits per heavy atom. The van der Waals surface area contributed by atoms with Gasteiger partial charge >= 0.3 is 5.97 Å². The van der Waals surface area contributed by atoms with Crippen LogP contribution < -0.4 is 0 Å². The Morgan fingerprint density at radius 2 is 1.82 bits per heavy atom. The summed E-state index contributed by atoms with van der Waals surface area (Å²) in [6.45, 7) is 3.20. The second kappa shape index (κ2) is 6.12. The molecule has 1 unspecified atom stereocenters. The lowest BCUT2D eigenvalue weighted by atomic mass is 10.4. The third-order valence-electron chi connectivity index (χ3n) is 1.18. The van der Waals surface area contributed by atoms with Gasteiger partial charge in [0.25, 0.3) is 0 Å². The van der Waals surface area contributed by atoms with Gasteiger partial charge in [0.15, 0.2) is 0 Å². The van der Waals surface area contributed by atoms with E-state index < -0.39 is 12.1 Å². The van der Waals surface area contributed by atoms with Crippen LogP contribution in [-0.4, -0.2) is 35.5 Å². The fraction of sp³-hybridized carbons (Fsp3) is 0.857. The first kappa shape index (κ1) is 10.4. The molecule has 4 heteroatoms. The maximum absolute atomic E-state index is 9.45. The summed E-state index contributed by atoms with van der Waals surface area (Å²) in [4.78, 5) is 9.45. The first-order valence-corrected chi connectivity index (χ1v) is 3.63. The molecule has 0 aromatic rings. The van der Waals surface area contributed by atoms with Gasteiger partial charge in [0.05, 0.1) is 0 Å². The van der Waals surface area contributed by atoms with Crippen LogP contribution in [0.15, 0.2) is 0 Å². The molecule has 0 radical (unpaired) electrons. The van der Waals surface area contributed by atoms with Gasteiger partial charge in [-0.25, -0.2) is 4.79 Å². The van der Waals surface area contributed by atoms with Crippen LogP contribution in [-0.2, 0) is 9.53 Å². The van der Waals surface area contributed by atoms with Crippen molar-refractivity contribution in [1.82, 2.24) is 0 Å². The summed E-state index contributed by atoms with van der Waals surface area (Å²) in [5.74, 6) is -1.19. The molecule has 0 amide bonds. The van der Waals surface area contributed by atoms with E-state index >= 15 is 0 Å². The quantitative estimate of drug-likeness (QED) is 0.580. The Bertz CT molecular complexity index is 99.4. The van der Waals surface area contributed by atoms with Crippen LogP contribution in [0.4, 0.5) is 0 Å². The van der Waals surface area contributed by atoms with Crippen molar-refractivity contribution in [2.24, 2.45) is 0 Å². The van der Waals surface area contributed by atoms with Crippen LogP contribution in [0.25, 0.3) is 0 Å². The zero-order valence-corrected chi connectivity index (χ0v) is 6.62. The number of aliphatic hydroxyl groups is 1. The Labute approximate surface area is 65.8 Å². The number of aliphatic hydroxyl groups excluding tert-OH is 1. The molecule has 0 aliphatic carbocycles. The molecule has 11 heavy (non-hydrogen) atoms. The fourth-order valence-corrected chi connectivity index (χ4v) is 0.510. The van der Waals surface area contributed by atoms with Gasteiger partial charge in [-0.15, -0.1) is 0 Å². The second-order valence-corrected chi connectivity index (χ2v) is 2.33. The van der Waals surface area contributed by atoms with Crippen molar-refractivity contribution in [3.8, 4) is 0 Å². The molecule has 0 aromatic carbocycles. The van der Waals surface area contributed by atoms with E-state index in [2.05, 4.69) is 0 Å². The van der Waals surface area contributed by atoms with Crippen LogP contribution in [0.3, 0.4) is 0 Å². The molecule has 4 nitrogen and oxygen atoms in total. The standard InChI is InChI=1S/C4H8O.C3H6O3/c1-2-4-5-3-1;1-2(4)3(5)6/h1-4H2;2,4H,1H3,(H,5,6). The number of carbonyl (C=O) groups is 1. The van der Waals surface area contributed by atoms with Crippen LogP contribution in [0.5, 0.6) is 0 Å². The zero-order chi connectivity index (χ0) is 8.69. The van der Waals surface area contributed by atoms with Crippen molar-refractivity contribution in [1.29, 1.82) is 0 Å². The highest BCUT2D eigenvalue weighted by molar-refractivity contribution is 5.71. The van der Waals surface area contributed by atoms with E-state index in [1.807, 2.05) is 0 Å². The molecule has 1 heterocycles. The van der Waals surface area contributed by atoms with E-state index in [-0.39, 0.29) is 0 Å². The summed E-state index contributed by atoms with van der Waals surface area (Å²) in [6, 6.07) is 0. The van der Waals surface area contributed by atoms with Crippen molar-refractivity contribution in [3.63, 3.8) is 0 Å². The van der Waals surface area contributed by atoms with Gasteiger partial charge in [-0.05, 0) is 19.8 Å². The molecular weight excluding hydrogens is 148 g/mol. The highest BCUT2D eigenvalue weighted by Gasteiger charge is 2.01. The van der Waals surface area contributed by atoms with Crippen molar-refractivity contribution < 1.29 is 19.7 Å². The van der Waals surface area contributed by atoms with Crippen molar-refractivity contribution in [2.45, 2.75) is 25.9 Å². The summed E-state index contributed by atoms with van der Waals surface area (Å²) >= 11 is 0. The van der Waals surface area contributed by atoms with Crippen LogP contribution in [0.2, 0.25) is 0 Å². The number of hydrogen-bond acceptors (Lipinski definition) is 3. The van der Waals surface area contributed by atoms with E-state index in [1.54, 1.807) is 0 Å². The maximum atomic E-state index is 9.45. The van der Waals surface area contributed by atoms with E-state index in [1.165, 1.54) is 19.8 Å². The minimum atomic E-state index is -1.23. The van der Waals surface area contributed by atoms with E-state index in [0.29, 0.717) is 0 Å². The first-order chi connectivity index (χ1) is 5.14. The molecule has 1 aliphatic rings. The minimum absolute atomic E-state index is 1.00. The normalized spacial score (nSPS) is 18.4. The Morgan fingerprint density at radius 3 is 1.91 bits per heavy atom. The fourth-order valence-electron chi connectivity index (χ4n) is 0.510. The average Bonchev–Trinajstić information content (AvgIpc) is 2.41. The molecule has 1 atom stereocenters. The number of rotatable bonds is 1. The topological polar surface area (TPSA) is 66.8 Å². The van der Waals surface area contributed by atoms with Gasteiger partial charge in [0.1, 0.15) is 6.10 Å². The highest BCUT2D eigenvalue weighted by Crippen LogP contribution is 1.98. The highest BCUT2D eigenvalue weighted by atomic mass is 16.5. The molecule has 1 fully saturated rings. The van der Waals surface area contributed by atoms with Gasteiger partial charge in [-0.2, -0.15) is 0 Å². The lowest BCUT2D eigenvalue weighted by molar-refractivity contribution is -0.145. The van der Waals surface area contributed by atoms with E-state index in [9.17, 15) is 4.79 Å². The molecule has 0 saturated carbocycles. The third kappa shape index (κ3) is 7.29. The lowest BCUT2D eigenvalue weighted by Gasteiger charge is -1.89. The average molecular weight is 162 g/mol. The predicted molar refractivity (Wildman–Crippen MR) is 39.4 cm³/mol. The monoisotopic (exact) mass is 162 g/mol. The van der Waals surface area contributed by atoms with Gasteiger partial charge in [0.2, 0.25) is 0 Å². The first-order valence-electron chi connectivity index (χ1n) is 3.63. The van der Waals surface area contributed by atoms with Gasteiger partial charge in [-0.1, -0.05) is 0 Å². The molecule has 2 N–H and O–H groups in total. The van der Waals surface area contributed by atoms with Crippen molar-refractivity contribution in [3.05, 3.63) is 0 Å². The largest absolute Gasteiger partial charge is 0.479 e. The van der Waals surface area contributed by atoms with Crippen molar-refractivity contribution >= 4 is 5.97 Å². The van der Waals surface area contributed by atoms with Gasteiger partial charge < -0.3 is 14.9 Å². The predicted octanol–water partition coefficient (Wildman–Crippen LogP) is 0.249. The summed E-state index contributed by atoms with van der Waals surface area (Å²) < 4.78 is 4.94. The van der Waals surface area contributed by atoms with E-state index in [0.717, 1.165) is 13.2 Å². The molecule has 0 bridgehead atoms. The number of aliphatic carboxylic acids is 1. The molecule has 1 rings (SSSR count). The lowest BCUT2D eigenvalue weighted by Crippen LogP contribution is -2.13. The zero-order valence-electron chi connectivity index (χ0n) is 6.62. The molecule has 1 saturated heterocycles. The number of carboxylic acids is 1. The summed E-state index contributed by atoms with van der Waals surface area (Å²) in [6.07, 6.45) is 1.32. The summed E-state index contributed by atoms with van der Waals surface area (Å²) in [5.41, 5.74) is 0.